The van der Waals surface area contributed by atoms with Gasteiger partial charge in [-0.15, -0.1) is 0 Å². The van der Waals surface area contributed by atoms with Gasteiger partial charge in [0.15, 0.2) is 0 Å². The largest absolute Gasteiger partial charge is 0.325 e. The lowest BCUT2D eigenvalue weighted by molar-refractivity contribution is -0.122. The lowest BCUT2D eigenvalue weighted by atomic mass is 10.0. The number of anilines is 1. The van der Waals surface area contributed by atoms with E-state index in [1.165, 1.54) is 0 Å². The van der Waals surface area contributed by atoms with E-state index >= 15 is 0 Å². The topological polar surface area (TPSA) is 68.0 Å². The zero-order valence-corrected chi connectivity index (χ0v) is 16.2. The van der Waals surface area contributed by atoms with Crippen molar-refractivity contribution >= 4 is 11.6 Å². The number of benzene rings is 1. The highest BCUT2D eigenvalue weighted by molar-refractivity contribution is 5.95. The molecule has 1 atom stereocenters. The van der Waals surface area contributed by atoms with Crippen LogP contribution in [0.15, 0.2) is 55.1 Å². The van der Waals surface area contributed by atoms with Crippen LogP contribution in [-0.4, -0.2) is 43.0 Å². The summed E-state index contributed by atoms with van der Waals surface area (Å²) in [5.74, 6) is 0.0643. The maximum atomic E-state index is 13.0. The Kier molecular flexibility index (Phi) is 5.53. The van der Waals surface area contributed by atoms with E-state index < -0.39 is 0 Å². The monoisotopic (exact) mass is 378 g/mol. The highest BCUT2D eigenvalue weighted by Crippen LogP contribution is 2.22. The summed E-state index contributed by atoms with van der Waals surface area (Å²) in [4.78, 5) is 15.2. The third-order valence-corrected chi connectivity index (χ3v) is 5.22. The second-order valence-electron chi connectivity index (χ2n) is 7.17. The van der Waals surface area contributed by atoms with Gasteiger partial charge in [-0.25, -0.2) is 4.68 Å². The van der Waals surface area contributed by atoms with Gasteiger partial charge in [0.1, 0.15) is 0 Å². The Labute approximate surface area is 165 Å². The van der Waals surface area contributed by atoms with Crippen molar-refractivity contribution in [3.63, 3.8) is 0 Å². The molecule has 1 amide bonds. The van der Waals surface area contributed by atoms with Gasteiger partial charge in [0, 0.05) is 42.9 Å². The molecule has 1 aromatic carbocycles. The van der Waals surface area contributed by atoms with Crippen LogP contribution in [0.25, 0.3) is 5.69 Å². The molecule has 1 saturated heterocycles. The number of nitrogens with one attached hydrogen (secondary N) is 1. The second-order valence-corrected chi connectivity index (χ2v) is 7.17. The van der Waals surface area contributed by atoms with Crippen LogP contribution in [0.4, 0.5) is 5.69 Å². The fraction of sp³-hybridized carbons (Fsp3) is 0.381. The number of piperidine rings is 1. The highest BCUT2D eigenvalue weighted by Gasteiger charge is 2.29. The summed E-state index contributed by atoms with van der Waals surface area (Å²) in [6.45, 7) is 4.63. The van der Waals surface area contributed by atoms with Crippen LogP contribution in [0.3, 0.4) is 0 Å². The predicted molar refractivity (Wildman–Crippen MR) is 108 cm³/mol. The lowest BCUT2D eigenvalue weighted by Gasteiger charge is -2.34. The number of nitrogens with zero attached hydrogens (tertiary/aromatic N) is 5. The molecule has 0 radical (unpaired) electrons. The van der Waals surface area contributed by atoms with Crippen LogP contribution in [0.1, 0.15) is 31.7 Å². The molecule has 2 aromatic heterocycles. The van der Waals surface area contributed by atoms with E-state index in [2.05, 4.69) is 33.5 Å². The molecular weight excluding hydrogens is 352 g/mol. The molecule has 3 aromatic rings. The van der Waals surface area contributed by atoms with E-state index in [9.17, 15) is 4.79 Å². The summed E-state index contributed by atoms with van der Waals surface area (Å²) in [7, 11) is 0. The Bertz CT molecular complexity index is 899. The van der Waals surface area contributed by atoms with Crippen molar-refractivity contribution in [3.05, 3.63) is 60.7 Å². The molecule has 1 N–H and O–H groups in total. The molecule has 1 aliphatic rings. The van der Waals surface area contributed by atoms with E-state index in [4.69, 9.17) is 0 Å². The van der Waals surface area contributed by atoms with E-state index in [0.717, 1.165) is 55.8 Å². The minimum atomic E-state index is -0.107. The zero-order chi connectivity index (χ0) is 19.3. The Morgan fingerprint density at radius 1 is 1.21 bits per heavy atom. The van der Waals surface area contributed by atoms with Gasteiger partial charge < -0.3 is 5.32 Å². The summed E-state index contributed by atoms with van der Waals surface area (Å²) in [5, 5.41) is 11.7. The van der Waals surface area contributed by atoms with Crippen LogP contribution >= 0.6 is 0 Å². The van der Waals surface area contributed by atoms with E-state index in [1.807, 2.05) is 47.4 Å². The molecule has 1 aliphatic heterocycles. The van der Waals surface area contributed by atoms with Gasteiger partial charge >= 0.3 is 0 Å². The van der Waals surface area contributed by atoms with E-state index in [1.54, 1.807) is 10.9 Å². The Hall–Kier alpha value is -2.93. The summed E-state index contributed by atoms with van der Waals surface area (Å²) in [5.41, 5.74) is 2.94. The molecule has 0 aliphatic carbocycles. The number of likely N-dealkylation sites (tertiary alicyclic amines) is 1. The minimum Gasteiger partial charge on any atom is -0.325 e. The average molecular weight is 378 g/mol. The number of carbonyl (C=O) groups excluding carboxylic acids is 1. The molecule has 28 heavy (non-hydrogen) atoms. The molecule has 0 spiro atoms. The maximum absolute atomic E-state index is 13.0. The molecule has 0 bridgehead atoms. The average Bonchev–Trinajstić information content (AvgIpc) is 3.41. The fourth-order valence-electron chi connectivity index (χ4n) is 3.72. The van der Waals surface area contributed by atoms with E-state index in [-0.39, 0.29) is 11.9 Å². The predicted octanol–water partition coefficient (Wildman–Crippen LogP) is 3.08. The van der Waals surface area contributed by atoms with Gasteiger partial charge in [0.25, 0.3) is 0 Å². The number of aryl methyl sites for hydroxylation is 1. The number of hydrogen-bond donors (Lipinski definition) is 1. The minimum absolute atomic E-state index is 0.0643. The number of amides is 1. The van der Waals surface area contributed by atoms with Gasteiger partial charge in [0.05, 0.1) is 17.9 Å². The zero-order valence-electron chi connectivity index (χ0n) is 16.2. The van der Waals surface area contributed by atoms with Crippen molar-refractivity contribution < 1.29 is 4.79 Å². The smallest absolute Gasteiger partial charge is 0.241 e. The highest BCUT2D eigenvalue weighted by atomic mass is 16.2. The van der Waals surface area contributed by atoms with Crippen LogP contribution in [0.2, 0.25) is 0 Å². The number of hydrogen-bond acceptors (Lipinski definition) is 4. The summed E-state index contributed by atoms with van der Waals surface area (Å²) in [6, 6.07) is 9.54. The van der Waals surface area contributed by atoms with Gasteiger partial charge in [-0.1, -0.05) is 6.42 Å². The SMILES string of the molecule is CCn1cc(CN2CCCCC2C(=O)Nc2ccc(-n3cccn3)cc2)cn1. The van der Waals surface area contributed by atoms with Gasteiger partial charge in [-0.3, -0.25) is 14.4 Å². The van der Waals surface area contributed by atoms with Crippen molar-refractivity contribution in [1.29, 1.82) is 0 Å². The second kappa shape index (κ2) is 8.39. The molecule has 0 saturated carbocycles. The van der Waals surface area contributed by atoms with Crippen molar-refractivity contribution in [3.8, 4) is 5.69 Å². The Balaban J connectivity index is 1.41. The fourth-order valence-corrected chi connectivity index (χ4v) is 3.72. The van der Waals surface area contributed by atoms with Crippen LogP contribution in [-0.2, 0) is 17.9 Å². The Morgan fingerprint density at radius 3 is 2.79 bits per heavy atom. The van der Waals surface area contributed by atoms with Crippen molar-refractivity contribution in [1.82, 2.24) is 24.5 Å². The van der Waals surface area contributed by atoms with Gasteiger partial charge in [-0.05, 0) is 56.6 Å². The van der Waals surface area contributed by atoms with Crippen molar-refractivity contribution in [2.24, 2.45) is 0 Å². The molecule has 4 rings (SSSR count). The molecule has 146 valence electrons. The number of carbonyl (C=O) groups is 1. The standard InChI is InChI=1S/C21H26N6O/c1-2-26-16-17(14-23-26)15-25-12-4-3-6-20(25)21(28)24-18-7-9-19(10-8-18)27-13-5-11-22-27/h5,7-11,13-14,16,20H,2-4,6,12,15H2,1H3,(H,24,28). The summed E-state index contributed by atoms with van der Waals surface area (Å²) >= 11 is 0. The van der Waals surface area contributed by atoms with Crippen molar-refractivity contribution in [2.45, 2.75) is 45.3 Å². The molecule has 7 nitrogen and oxygen atoms in total. The third kappa shape index (κ3) is 4.14. The number of rotatable bonds is 6. The first-order chi connectivity index (χ1) is 13.7. The lowest BCUT2D eigenvalue weighted by Crippen LogP contribution is -2.46. The van der Waals surface area contributed by atoms with Crippen LogP contribution in [0.5, 0.6) is 0 Å². The van der Waals surface area contributed by atoms with Crippen LogP contribution in [0, 0.1) is 0 Å². The van der Waals surface area contributed by atoms with Crippen LogP contribution < -0.4 is 5.32 Å². The molecule has 7 heteroatoms. The normalized spacial score (nSPS) is 17.5. The molecule has 3 heterocycles. The Morgan fingerprint density at radius 2 is 2.07 bits per heavy atom. The summed E-state index contributed by atoms with van der Waals surface area (Å²) in [6.07, 6.45) is 10.7. The molecule has 1 unspecified atom stereocenters. The van der Waals surface area contributed by atoms with E-state index in [0.29, 0.717) is 0 Å². The van der Waals surface area contributed by atoms with Gasteiger partial charge in [0.2, 0.25) is 5.91 Å². The first-order valence-electron chi connectivity index (χ1n) is 9.89. The first-order valence-corrected chi connectivity index (χ1v) is 9.89. The number of aromatic nitrogens is 4. The third-order valence-electron chi connectivity index (χ3n) is 5.22. The van der Waals surface area contributed by atoms with Gasteiger partial charge in [-0.2, -0.15) is 10.2 Å². The van der Waals surface area contributed by atoms with Crippen molar-refractivity contribution in [2.75, 3.05) is 11.9 Å². The summed E-state index contributed by atoms with van der Waals surface area (Å²) < 4.78 is 3.72. The molecular formula is C21H26N6O. The maximum Gasteiger partial charge on any atom is 0.241 e. The quantitative estimate of drug-likeness (QED) is 0.716. The molecule has 1 fully saturated rings. The first kappa shape index (κ1) is 18.4.